The van der Waals surface area contributed by atoms with Gasteiger partial charge in [-0.1, -0.05) is 29.8 Å². The number of nitrogens with one attached hydrogen (secondary N) is 2. The lowest BCUT2D eigenvalue weighted by atomic mass is 10.1. The van der Waals surface area contributed by atoms with Gasteiger partial charge in [-0.05, 0) is 61.7 Å². The maximum atomic E-state index is 12.5. The molecule has 2 aromatic rings. The van der Waals surface area contributed by atoms with E-state index in [2.05, 4.69) is 40.6 Å². The number of ether oxygens (including phenoxy) is 3. The molecule has 9 heteroatoms. The van der Waals surface area contributed by atoms with E-state index in [9.17, 15) is 14.4 Å². The molecule has 2 aromatic carbocycles. The number of halogens is 1. The van der Waals surface area contributed by atoms with E-state index in [4.69, 9.17) is 14.2 Å². The minimum absolute atomic E-state index is 0.286. The lowest BCUT2D eigenvalue weighted by molar-refractivity contribution is -0.123. The fraction of sp³-hybridized carbons (Fsp3) is 0.348. The van der Waals surface area contributed by atoms with Crippen LogP contribution in [0, 0.1) is 5.92 Å². The van der Waals surface area contributed by atoms with Crippen molar-refractivity contribution in [1.29, 1.82) is 0 Å². The van der Waals surface area contributed by atoms with Crippen LogP contribution in [0.2, 0.25) is 0 Å². The smallest absolute Gasteiger partial charge is 0.338 e. The second kappa shape index (κ2) is 12.7. The highest BCUT2D eigenvalue weighted by Crippen LogP contribution is 2.23. The number of amides is 2. The lowest BCUT2D eigenvalue weighted by Gasteiger charge is -2.14. The van der Waals surface area contributed by atoms with Crippen molar-refractivity contribution in [1.82, 2.24) is 10.9 Å². The van der Waals surface area contributed by atoms with E-state index in [1.165, 1.54) is 0 Å². The van der Waals surface area contributed by atoms with Crippen LogP contribution in [0.3, 0.4) is 0 Å². The first-order valence-corrected chi connectivity index (χ1v) is 11.0. The molecule has 0 aromatic heterocycles. The lowest BCUT2D eigenvalue weighted by Crippen LogP contribution is -2.44. The summed E-state index contributed by atoms with van der Waals surface area (Å²) < 4.78 is 16.7. The third-order valence-electron chi connectivity index (χ3n) is 4.19. The van der Waals surface area contributed by atoms with Gasteiger partial charge in [0.1, 0.15) is 11.5 Å². The van der Waals surface area contributed by atoms with Crippen LogP contribution in [0.5, 0.6) is 11.5 Å². The number of benzene rings is 2. The quantitative estimate of drug-likeness (QED) is 0.374. The molecule has 0 saturated carbocycles. The maximum absolute atomic E-state index is 12.5. The fourth-order valence-electron chi connectivity index (χ4n) is 2.49. The topological polar surface area (TPSA) is 103 Å². The van der Waals surface area contributed by atoms with Gasteiger partial charge >= 0.3 is 5.97 Å². The maximum Gasteiger partial charge on any atom is 0.338 e. The molecule has 172 valence electrons. The SMILES string of the molecule is CCOC(=O)c1ccc(OCC(=O)NNC(=O)c2cc(Br)ccc2OCCC(C)C)cc1. The number of carbonyl (C=O) groups is 3. The molecule has 0 spiro atoms. The van der Waals surface area contributed by atoms with Gasteiger partial charge < -0.3 is 14.2 Å². The molecule has 0 atom stereocenters. The van der Waals surface area contributed by atoms with Crippen molar-refractivity contribution in [3.63, 3.8) is 0 Å². The van der Waals surface area contributed by atoms with Gasteiger partial charge in [0, 0.05) is 4.47 Å². The highest BCUT2D eigenvalue weighted by atomic mass is 79.9. The van der Waals surface area contributed by atoms with Crippen LogP contribution in [0.1, 0.15) is 47.9 Å². The molecular formula is C23H27BrN2O6. The van der Waals surface area contributed by atoms with Crippen molar-refractivity contribution in [3.8, 4) is 11.5 Å². The molecule has 2 amide bonds. The number of carbonyl (C=O) groups excluding carboxylic acids is 3. The van der Waals surface area contributed by atoms with Crippen LogP contribution < -0.4 is 20.3 Å². The van der Waals surface area contributed by atoms with E-state index in [1.807, 2.05) is 0 Å². The summed E-state index contributed by atoms with van der Waals surface area (Å²) in [7, 11) is 0. The average Bonchev–Trinajstić information content (AvgIpc) is 2.77. The molecule has 2 rings (SSSR count). The van der Waals surface area contributed by atoms with Crippen LogP contribution in [-0.2, 0) is 9.53 Å². The molecule has 0 unspecified atom stereocenters. The van der Waals surface area contributed by atoms with E-state index >= 15 is 0 Å². The number of rotatable bonds is 10. The minimum Gasteiger partial charge on any atom is -0.493 e. The zero-order valence-electron chi connectivity index (χ0n) is 18.3. The van der Waals surface area contributed by atoms with E-state index < -0.39 is 17.8 Å². The first-order valence-electron chi connectivity index (χ1n) is 10.2. The van der Waals surface area contributed by atoms with Crippen molar-refractivity contribution in [2.75, 3.05) is 19.8 Å². The summed E-state index contributed by atoms with van der Waals surface area (Å²) in [4.78, 5) is 36.2. The van der Waals surface area contributed by atoms with Crippen molar-refractivity contribution in [2.45, 2.75) is 27.2 Å². The standard InChI is InChI=1S/C23H27BrN2O6/c1-4-30-23(29)16-5-8-18(9-6-16)32-14-21(27)25-26-22(28)19-13-17(24)7-10-20(19)31-12-11-15(2)3/h5-10,13,15H,4,11-12,14H2,1-3H3,(H,25,27)(H,26,28). The normalized spacial score (nSPS) is 10.4. The first kappa shape index (κ1) is 25.2. The zero-order valence-corrected chi connectivity index (χ0v) is 19.9. The predicted molar refractivity (Wildman–Crippen MR) is 123 cm³/mol. The molecule has 0 fully saturated rings. The van der Waals surface area contributed by atoms with E-state index in [0.29, 0.717) is 39.6 Å². The Morgan fingerprint density at radius 3 is 2.38 bits per heavy atom. The molecule has 0 aliphatic rings. The average molecular weight is 507 g/mol. The summed E-state index contributed by atoms with van der Waals surface area (Å²) in [6.07, 6.45) is 0.853. The van der Waals surface area contributed by atoms with Crippen molar-refractivity contribution < 1.29 is 28.6 Å². The van der Waals surface area contributed by atoms with E-state index in [-0.39, 0.29) is 13.2 Å². The summed E-state index contributed by atoms with van der Waals surface area (Å²) in [6.45, 7) is 6.35. The van der Waals surface area contributed by atoms with Crippen LogP contribution >= 0.6 is 15.9 Å². The molecule has 0 saturated heterocycles. The molecule has 2 N–H and O–H groups in total. The molecule has 32 heavy (non-hydrogen) atoms. The highest BCUT2D eigenvalue weighted by molar-refractivity contribution is 9.10. The summed E-state index contributed by atoms with van der Waals surface area (Å²) in [5.74, 6) is -0.197. The fourth-order valence-corrected chi connectivity index (χ4v) is 2.85. The Morgan fingerprint density at radius 2 is 1.72 bits per heavy atom. The molecular weight excluding hydrogens is 480 g/mol. The van der Waals surface area contributed by atoms with Crippen LogP contribution in [0.15, 0.2) is 46.9 Å². The van der Waals surface area contributed by atoms with Gasteiger partial charge in [-0.3, -0.25) is 20.4 Å². The highest BCUT2D eigenvalue weighted by Gasteiger charge is 2.15. The molecule has 0 heterocycles. The summed E-state index contributed by atoms with van der Waals surface area (Å²) in [5.41, 5.74) is 5.35. The van der Waals surface area contributed by atoms with Crippen molar-refractivity contribution >= 4 is 33.7 Å². The molecule has 0 aliphatic heterocycles. The van der Waals surface area contributed by atoms with Gasteiger partial charge in [0.25, 0.3) is 11.8 Å². The second-order valence-corrected chi connectivity index (χ2v) is 8.12. The van der Waals surface area contributed by atoms with Gasteiger partial charge in [-0.15, -0.1) is 0 Å². The molecule has 0 radical (unpaired) electrons. The summed E-state index contributed by atoms with van der Waals surface area (Å²) in [5, 5.41) is 0. The summed E-state index contributed by atoms with van der Waals surface area (Å²) in [6, 6.07) is 11.3. The monoisotopic (exact) mass is 506 g/mol. The number of hydrogen-bond donors (Lipinski definition) is 2. The molecule has 8 nitrogen and oxygen atoms in total. The van der Waals surface area contributed by atoms with Crippen molar-refractivity contribution in [2.24, 2.45) is 5.92 Å². The third-order valence-corrected chi connectivity index (χ3v) is 4.68. The Kier molecular flexibility index (Phi) is 10.0. The Balaban J connectivity index is 1.85. The number of hydrogen-bond acceptors (Lipinski definition) is 6. The van der Waals surface area contributed by atoms with Gasteiger partial charge in [0.2, 0.25) is 0 Å². The van der Waals surface area contributed by atoms with Crippen LogP contribution in [-0.4, -0.2) is 37.6 Å². The van der Waals surface area contributed by atoms with E-state index in [1.54, 1.807) is 49.4 Å². The van der Waals surface area contributed by atoms with Gasteiger partial charge in [-0.2, -0.15) is 0 Å². The summed E-state index contributed by atoms with van der Waals surface area (Å²) >= 11 is 3.34. The van der Waals surface area contributed by atoms with Gasteiger partial charge in [-0.25, -0.2) is 4.79 Å². The molecule has 0 aliphatic carbocycles. The third kappa shape index (κ3) is 8.22. The Morgan fingerprint density at radius 1 is 1.00 bits per heavy atom. The van der Waals surface area contributed by atoms with Crippen LogP contribution in [0.25, 0.3) is 0 Å². The number of esters is 1. The largest absolute Gasteiger partial charge is 0.493 e. The van der Waals surface area contributed by atoms with Crippen LogP contribution in [0.4, 0.5) is 0 Å². The van der Waals surface area contributed by atoms with Gasteiger partial charge in [0.15, 0.2) is 6.61 Å². The zero-order chi connectivity index (χ0) is 23.5. The van der Waals surface area contributed by atoms with Crippen molar-refractivity contribution in [3.05, 3.63) is 58.1 Å². The second-order valence-electron chi connectivity index (χ2n) is 7.21. The number of hydrazine groups is 1. The first-order chi connectivity index (χ1) is 15.3. The predicted octanol–water partition coefficient (Wildman–Crippen LogP) is 3.89. The Labute approximate surface area is 195 Å². The van der Waals surface area contributed by atoms with E-state index in [0.717, 1.165) is 6.42 Å². The minimum atomic E-state index is -0.551. The van der Waals surface area contributed by atoms with Gasteiger partial charge in [0.05, 0.1) is 24.3 Å². The molecule has 0 bridgehead atoms. The Bertz CT molecular complexity index is 931. The Hall–Kier alpha value is -3.07.